The van der Waals surface area contributed by atoms with Gasteiger partial charge in [-0.3, -0.25) is 14.5 Å². The summed E-state index contributed by atoms with van der Waals surface area (Å²) < 4.78 is 41.4. The fraction of sp³-hybridized carbons (Fsp3) is 0.179. The normalized spacial score (nSPS) is 17.4. The number of rotatable bonds is 5. The van der Waals surface area contributed by atoms with Crippen LogP contribution in [0.5, 0.6) is 0 Å². The zero-order valence-corrected chi connectivity index (χ0v) is 19.8. The average Bonchev–Trinajstić information content (AvgIpc) is 3.34. The van der Waals surface area contributed by atoms with Gasteiger partial charge in [0.2, 0.25) is 0 Å². The third-order valence-electron chi connectivity index (χ3n) is 6.44. The number of fused-ring (bicyclic) bond motifs is 1. The fourth-order valence-corrected chi connectivity index (χ4v) is 4.74. The Hall–Kier alpha value is -4.40. The summed E-state index contributed by atoms with van der Waals surface area (Å²) >= 11 is 0. The van der Waals surface area contributed by atoms with Crippen molar-refractivity contribution >= 4 is 17.6 Å². The van der Waals surface area contributed by atoms with Crippen molar-refractivity contribution in [3.05, 3.63) is 113 Å². The number of para-hydroxylation sites is 1. The number of nitrogens with one attached hydrogen (secondary N) is 1. The van der Waals surface area contributed by atoms with E-state index in [0.717, 1.165) is 28.9 Å². The number of anilines is 1. The molecular weight excluding hydrogens is 481 g/mol. The van der Waals surface area contributed by atoms with E-state index < -0.39 is 29.6 Å². The Morgan fingerprint density at radius 1 is 0.973 bits per heavy atom. The quantitative estimate of drug-likeness (QED) is 0.407. The standard InChI is InChI=1S/C28H23F3N4O2/c1-2-34-26-22(17-32-35(26)21-14-7-4-8-15-21)23(18-10-5-3-6-11-18)24(27(34)37)33-25(36)19-12-9-13-20(16-19)28(29,30)31/h3-17,23-24H,2H2,1H3,(H,33,36)/t23-,24-/m1/s1. The van der Waals surface area contributed by atoms with Crippen molar-refractivity contribution in [1.82, 2.24) is 15.1 Å². The topological polar surface area (TPSA) is 67.2 Å². The minimum Gasteiger partial charge on any atom is -0.339 e. The molecule has 0 unspecified atom stereocenters. The van der Waals surface area contributed by atoms with Gasteiger partial charge in [0, 0.05) is 23.6 Å². The summed E-state index contributed by atoms with van der Waals surface area (Å²) in [7, 11) is 0. The van der Waals surface area contributed by atoms with E-state index in [0.29, 0.717) is 12.4 Å². The first-order valence-corrected chi connectivity index (χ1v) is 11.8. The van der Waals surface area contributed by atoms with Gasteiger partial charge < -0.3 is 5.32 Å². The molecule has 2 amide bonds. The smallest absolute Gasteiger partial charge is 0.339 e. The number of aromatic nitrogens is 2. The molecule has 1 aliphatic heterocycles. The molecule has 2 atom stereocenters. The molecule has 0 bridgehead atoms. The number of benzene rings is 3. The molecule has 188 valence electrons. The highest BCUT2D eigenvalue weighted by Crippen LogP contribution is 2.41. The molecule has 0 radical (unpaired) electrons. The fourth-order valence-electron chi connectivity index (χ4n) is 4.74. The number of amides is 2. The number of alkyl halides is 3. The van der Waals surface area contributed by atoms with E-state index in [-0.39, 0.29) is 11.5 Å². The van der Waals surface area contributed by atoms with Gasteiger partial charge in [0.15, 0.2) is 0 Å². The molecule has 37 heavy (non-hydrogen) atoms. The summed E-state index contributed by atoms with van der Waals surface area (Å²) in [6.07, 6.45) is -2.91. The van der Waals surface area contributed by atoms with Crippen LogP contribution < -0.4 is 10.2 Å². The molecule has 5 rings (SSSR count). The highest BCUT2D eigenvalue weighted by molar-refractivity contribution is 6.05. The maximum atomic E-state index is 13.9. The van der Waals surface area contributed by atoms with Crippen LogP contribution in [-0.4, -0.2) is 34.2 Å². The van der Waals surface area contributed by atoms with Gasteiger partial charge in [-0.1, -0.05) is 54.6 Å². The first-order valence-electron chi connectivity index (χ1n) is 11.8. The van der Waals surface area contributed by atoms with E-state index in [2.05, 4.69) is 10.4 Å². The summed E-state index contributed by atoms with van der Waals surface area (Å²) in [4.78, 5) is 28.6. The lowest BCUT2D eigenvalue weighted by Crippen LogP contribution is -2.55. The van der Waals surface area contributed by atoms with Gasteiger partial charge in [-0.25, -0.2) is 4.68 Å². The Morgan fingerprint density at radius 2 is 1.65 bits per heavy atom. The van der Waals surface area contributed by atoms with Crippen molar-refractivity contribution in [3.8, 4) is 5.69 Å². The van der Waals surface area contributed by atoms with Crippen LogP contribution >= 0.6 is 0 Å². The number of halogens is 3. The van der Waals surface area contributed by atoms with Gasteiger partial charge in [0.1, 0.15) is 11.9 Å². The Morgan fingerprint density at radius 3 is 2.30 bits per heavy atom. The molecule has 0 fully saturated rings. The minimum absolute atomic E-state index is 0.178. The van der Waals surface area contributed by atoms with Crippen molar-refractivity contribution in [1.29, 1.82) is 0 Å². The largest absolute Gasteiger partial charge is 0.416 e. The van der Waals surface area contributed by atoms with E-state index in [4.69, 9.17) is 0 Å². The predicted molar refractivity (Wildman–Crippen MR) is 133 cm³/mol. The van der Waals surface area contributed by atoms with Crippen LogP contribution in [0.15, 0.2) is 91.1 Å². The molecule has 0 saturated carbocycles. The van der Waals surface area contributed by atoms with Crippen LogP contribution in [0.3, 0.4) is 0 Å². The SMILES string of the molecule is CCN1C(=O)[C@H](NC(=O)c2cccc(C(F)(F)F)c2)[C@H](c2ccccc2)c2cnn(-c3ccccc3)c21. The van der Waals surface area contributed by atoms with E-state index >= 15 is 0 Å². The van der Waals surface area contributed by atoms with Crippen LogP contribution in [-0.2, 0) is 11.0 Å². The van der Waals surface area contributed by atoms with Gasteiger partial charge in [-0.05, 0) is 42.8 Å². The van der Waals surface area contributed by atoms with E-state index in [9.17, 15) is 22.8 Å². The molecule has 1 N–H and O–H groups in total. The highest BCUT2D eigenvalue weighted by atomic mass is 19.4. The van der Waals surface area contributed by atoms with Crippen LogP contribution in [0.2, 0.25) is 0 Å². The number of carbonyl (C=O) groups is 2. The lowest BCUT2D eigenvalue weighted by molar-refractivity contribution is -0.137. The molecule has 3 aromatic carbocycles. The average molecular weight is 505 g/mol. The third kappa shape index (κ3) is 4.48. The number of hydrogen-bond acceptors (Lipinski definition) is 3. The van der Waals surface area contributed by atoms with Crippen molar-refractivity contribution in [3.63, 3.8) is 0 Å². The third-order valence-corrected chi connectivity index (χ3v) is 6.44. The molecule has 0 saturated heterocycles. The first kappa shape index (κ1) is 24.3. The summed E-state index contributed by atoms with van der Waals surface area (Å²) in [5, 5.41) is 7.30. The second kappa shape index (κ2) is 9.57. The van der Waals surface area contributed by atoms with Gasteiger partial charge in [0.25, 0.3) is 11.8 Å². The molecule has 4 aromatic rings. The van der Waals surface area contributed by atoms with Crippen molar-refractivity contribution in [2.75, 3.05) is 11.4 Å². The minimum atomic E-state index is -4.59. The molecular formula is C28H23F3N4O2. The van der Waals surface area contributed by atoms with E-state index in [1.807, 2.05) is 67.6 Å². The molecule has 1 aliphatic rings. The maximum Gasteiger partial charge on any atom is 0.416 e. The number of carbonyl (C=O) groups excluding carboxylic acids is 2. The number of nitrogens with zero attached hydrogens (tertiary/aromatic N) is 3. The lowest BCUT2D eigenvalue weighted by atomic mass is 9.82. The summed E-state index contributed by atoms with van der Waals surface area (Å²) in [5.41, 5.74) is 1.16. The Balaban J connectivity index is 1.60. The van der Waals surface area contributed by atoms with Gasteiger partial charge in [0.05, 0.1) is 17.4 Å². The van der Waals surface area contributed by atoms with Gasteiger partial charge >= 0.3 is 6.18 Å². The monoisotopic (exact) mass is 504 g/mol. The molecule has 9 heteroatoms. The Kier molecular flexibility index (Phi) is 6.29. The zero-order valence-electron chi connectivity index (χ0n) is 19.8. The predicted octanol–water partition coefficient (Wildman–Crippen LogP) is 5.19. The summed E-state index contributed by atoms with van der Waals surface area (Å²) in [6.45, 7) is 2.13. The van der Waals surface area contributed by atoms with E-state index in [1.165, 1.54) is 12.1 Å². The van der Waals surface area contributed by atoms with Crippen LogP contribution in [0, 0.1) is 0 Å². The second-order valence-electron chi connectivity index (χ2n) is 8.67. The molecule has 0 aliphatic carbocycles. The van der Waals surface area contributed by atoms with Crippen molar-refractivity contribution < 1.29 is 22.8 Å². The maximum absolute atomic E-state index is 13.9. The van der Waals surface area contributed by atoms with Gasteiger partial charge in [-0.15, -0.1) is 0 Å². The second-order valence-corrected chi connectivity index (χ2v) is 8.67. The highest BCUT2D eigenvalue weighted by Gasteiger charge is 2.44. The summed E-state index contributed by atoms with van der Waals surface area (Å²) in [6, 6.07) is 21.7. The molecule has 0 spiro atoms. The molecule has 6 nitrogen and oxygen atoms in total. The Bertz CT molecular complexity index is 1430. The summed E-state index contributed by atoms with van der Waals surface area (Å²) in [5.74, 6) is -1.14. The molecule has 2 heterocycles. The Labute approximate surface area is 211 Å². The van der Waals surface area contributed by atoms with Crippen LogP contribution in [0.1, 0.15) is 39.9 Å². The molecule has 1 aromatic heterocycles. The lowest BCUT2D eigenvalue weighted by Gasteiger charge is -2.38. The van der Waals surface area contributed by atoms with Crippen molar-refractivity contribution in [2.24, 2.45) is 0 Å². The van der Waals surface area contributed by atoms with Crippen LogP contribution in [0.25, 0.3) is 5.69 Å². The first-order chi connectivity index (χ1) is 17.8. The number of hydrogen-bond donors (Lipinski definition) is 1. The van der Waals surface area contributed by atoms with E-state index in [1.54, 1.807) is 15.8 Å². The van der Waals surface area contributed by atoms with Crippen molar-refractivity contribution in [2.45, 2.75) is 25.1 Å². The number of likely N-dealkylation sites (N-methyl/N-ethyl adjacent to an activating group) is 1. The van der Waals surface area contributed by atoms with Crippen LogP contribution in [0.4, 0.5) is 19.0 Å². The van der Waals surface area contributed by atoms with Gasteiger partial charge in [-0.2, -0.15) is 18.3 Å². The zero-order chi connectivity index (χ0) is 26.2.